The predicted octanol–water partition coefficient (Wildman–Crippen LogP) is -9.02. The van der Waals surface area contributed by atoms with E-state index in [0.29, 0.717) is 0 Å². The molecule has 2 aliphatic rings. The molecule has 0 aliphatic carbocycles. The van der Waals surface area contributed by atoms with Gasteiger partial charge in [-0.1, -0.05) is 0 Å². The molecule has 2 aliphatic heterocycles. The number of aliphatic hydroxyl groups excluding tert-OH is 7. The number of carbonyl (C=O) groups excluding carboxylic acids is 1. The largest absolute Gasteiger partial charge is 1.00 e. The summed E-state index contributed by atoms with van der Waals surface area (Å²) in [6.07, 6.45) is -15.6. The molecule has 0 bridgehead atoms. The van der Waals surface area contributed by atoms with E-state index < -0.39 is 80.8 Å². The molecule has 27 heavy (non-hydrogen) atoms. The Kier molecular flexibility index (Phi) is 9.29. The van der Waals surface area contributed by atoms with Gasteiger partial charge in [0.15, 0.2) is 6.29 Å². The van der Waals surface area contributed by atoms with Crippen molar-refractivity contribution in [1.29, 1.82) is 0 Å². The van der Waals surface area contributed by atoms with Crippen LogP contribution in [0.1, 0.15) is 0 Å². The molecule has 13 nitrogen and oxygen atoms in total. The predicted molar refractivity (Wildman–Crippen MR) is 72.9 cm³/mol. The Morgan fingerprint density at radius 1 is 0.963 bits per heavy atom. The van der Waals surface area contributed by atoms with E-state index in [-0.39, 0.29) is 29.6 Å². The summed E-state index contributed by atoms with van der Waals surface area (Å²) in [6.45, 7) is -2.58. The van der Waals surface area contributed by atoms with Gasteiger partial charge in [-0.3, -0.25) is 0 Å². The molecule has 0 saturated carbocycles. The second kappa shape index (κ2) is 10.1. The van der Waals surface area contributed by atoms with Crippen LogP contribution in [0.4, 0.5) is 4.79 Å². The molecule has 7 N–H and O–H groups in total. The van der Waals surface area contributed by atoms with Crippen molar-refractivity contribution < 1.29 is 94.2 Å². The second-order valence-corrected chi connectivity index (χ2v) is 5.94. The van der Waals surface area contributed by atoms with Crippen LogP contribution in [0.15, 0.2) is 0 Å². The summed E-state index contributed by atoms with van der Waals surface area (Å²) in [7, 11) is 0. The molecule has 0 aromatic carbocycles. The van der Waals surface area contributed by atoms with E-state index >= 15 is 0 Å². The molecule has 2 saturated heterocycles. The molecule has 152 valence electrons. The maximum Gasteiger partial charge on any atom is 1.00 e. The molecule has 0 radical (unpaired) electrons. The second-order valence-electron chi connectivity index (χ2n) is 5.94. The molecule has 2 rings (SSSR count). The Bertz CT molecular complexity index is 493. The van der Waals surface area contributed by atoms with E-state index in [0.717, 1.165) is 0 Å². The van der Waals surface area contributed by atoms with E-state index in [1.807, 2.05) is 0 Å². The minimum absolute atomic E-state index is 0. The van der Waals surface area contributed by atoms with Crippen LogP contribution < -0.4 is 34.7 Å². The van der Waals surface area contributed by atoms with Crippen molar-refractivity contribution in [3.8, 4) is 0 Å². The quantitative estimate of drug-likeness (QED) is 0.161. The van der Waals surface area contributed by atoms with Gasteiger partial charge in [0.25, 0.3) is 6.16 Å². The Hall–Kier alpha value is -0.130. The summed E-state index contributed by atoms with van der Waals surface area (Å²) in [4.78, 5) is 10.6. The zero-order valence-corrected chi connectivity index (χ0v) is 16.3. The first-order valence-corrected chi connectivity index (χ1v) is 7.63. The summed E-state index contributed by atoms with van der Waals surface area (Å²) in [6, 6.07) is 0. The first-order chi connectivity index (χ1) is 12.2. The Balaban J connectivity index is 0.00000364. The zero-order chi connectivity index (χ0) is 19.6. The summed E-state index contributed by atoms with van der Waals surface area (Å²) in [5.74, 6) is -2.43. The van der Waals surface area contributed by atoms with Crippen LogP contribution in [0.5, 0.6) is 0 Å². The van der Waals surface area contributed by atoms with Crippen molar-refractivity contribution in [2.75, 3.05) is 19.8 Å². The van der Waals surface area contributed by atoms with Crippen molar-refractivity contribution in [2.24, 2.45) is 0 Å². The Labute approximate surface area is 174 Å². The molecular formula is C13H21NaO13. The summed E-state index contributed by atoms with van der Waals surface area (Å²) >= 11 is 0. The van der Waals surface area contributed by atoms with Crippen LogP contribution in [0, 0.1) is 0 Å². The van der Waals surface area contributed by atoms with Gasteiger partial charge in [0.1, 0.15) is 42.7 Å². The van der Waals surface area contributed by atoms with Gasteiger partial charge in [-0.15, -0.1) is 0 Å². The van der Waals surface area contributed by atoms with E-state index in [1.54, 1.807) is 0 Å². The molecule has 9 atom stereocenters. The fourth-order valence-corrected chi connectivity index (χ4v) is 2.78. The van der Waals surface area contributed by atoms with Crippen LogP contribution in [-0.4, -0.2) is 117 Å². The van der Waals surface area contributed by atoms with Crippen LogP contribution in [0.3, 0.4) is 0 Å². The van der Waals surface area contributed by atoms with Gasteiger partial charge in [0, 0.05) is 0 Å². The Morgan fingerprint density at radius 3 is 2.04 bits per heavy atom. The zero-order valence-electron chi connectivity index (χ0n) is 14.3. The standard InChI is InChI=1S/C13H22O13.Na/c14-1-4-6(16)8(18)9(19)11(24-4)26-13(3-23-12(21)22)10(20)7(17)5(2-15)25-13;/h4-11,14-20H,1-3H2,(H,21,22);/q;+1/p-1/t4-,5-,6-,7-,8+,9-,10+,11-,13+;/m1./s1. The topological polar surface area (TPSA) is 219 Å². The number of aliphatic hydroxyl groups is 7. The SMILES string of the molecule is O=C([O-])OC[C@@]1(O[C@H]2O[C@H](CO)[C@@H](O)[C@H](O)[C@H]2O)O[C@H](CO)[C@@H](O)[C@@H]1O.[Na+]. The van der Waals surface area contributed by atoms with Crippen LogP contribution in [-0.2, 0) is 18.9 Å². The smallest absolute Gasteiger partial charge is 0.544 e. The minimum Gasteiger partial charge on any atom is -0.544 e. The first kappa shape index (κ1) is 24.9. The number of carbonyl (C=O) groups is 1. The summed E-state index contributed by atoms with van der Waals surface area (Å²) < 4.78 is 19.7. The van der Waals surface area contributed by atoms with Gasteiger partial charge in [0.05, 0.1) is 19.8 Å². The molecule has 0 aromatic heterocycles. The van der Waals surface area contributed by atoms with Gasteiger partial charge in [0.2, 0.25) is 5.79 Å². The number of hydrogen-bond donors (Lipinski definition) is 7. The normalized spacial score (nSPS) is 44.6. The first-order valence-electron chi connectivity index (χ1n) is 7.63. The van der Waals surface area contributed by atoms with Crippen LogP contribution in [0.25, 0.3) is 0 Å². The molecule has 0 amide bonds. The summed E-state index contributed by atoms with van der Waals surface area (Å²) in [5.41, 5.74) is 0. The number of hydrogen-bond acceptors (Lipinski definition) is 13. The Morgan fingerprint density at radius 2 is 1.56 bits per heavy atom. The fourth-order valence-electron chi connectivity index (χ4n) is 2.78. The summed E-state index contributed by atoms with van der Waals surface area (Å²) in [5, 5.41) is 78.4. The van der Waals surface area contributed by atoms with Crippen LogP contribution in [0.2, 0.25) is 0 Å². The number of rotatable bonds is 6. The van der Waals surface area contributed by atoms with Crippen molar-refractivity contribution in [2.45, 2.75) is 54.8 Å². The van der Waals surface area contributed by atoms with E-state index in [2.05, 4.69) is 4.74 Å². The third-order valence-electron chi connectivity index (χ3n) is 4.24. The van der Waals surface area contributed by atoms with Gasteiger partial charge >= 0.3 is 29.6 Å². The van der Waals surface area contributed by atoms with Crippen molar-refractivity contribution in [1.82, 2.24) is 0 Å². The fraction of sp³-hybridized carbons (Fsp3) is 0.923. The maximum atomic E-state index is 10.6. The minimum atomic E-state index is -2.43. The third kappa shape index (κ3) is 5.08. The van der Waals surface area contributed by atoms with Gasteiger partial charge in [-0.25, -0.2) is 0 Å². The third-order valence-corrected chi connectivity index (χ3v) is 4.24. The molecule has 0 aromatic rings. The van der Waals surface area contributed by atoms with Gasteiger partial charge in [-0.05, 0) is 0 Å². The van der Waals surface area contributed by atoms with E-state index in [4.69, 9.17) is 19.3 Å². The van der Waals surface area contributed by atoms with Crippen molar-refractivity contribution in [3.63, 3.8) is 0 Å². The molecular weight excluding hydrogens is 387 g/mol. The van der Waals surface area contributed by atoms with Gasteiger partial charge < -0.3 is 64.6 Å². The monoisotopic (exact) mass is 408 g/mol. The van der Waals surface area contributed by atoms with E-state index in [1.165, 1.54) is 0 Å². The molecule has 0 spiro atoms. The van der Waals surface area contributed by atoms with Gasteiger partial charge in [-0.2, -0.15) is 0 Å². The van der Waals surface area contributed by atoms with Crippen molar-refractivity contribution >= 4 is 6.16 Å². The number of carboxylic acid groups (broad SMARTS) is 1. The number of ether oxygens (including phenoxy) is 4. The average molecular weight is 408 g/mol. The van der Waals surface area contributed by atoms with Crippen LogP contribution >= 0.6 is 0 Å². The molecule has 2 heterocycles. The van der Waals surface area contributed by atoms with Crippen molar-refractivity contribution in [3.05, 3.63) is 0 Å². The average Bonchev–Trinajstić information content (AvgIpc) is 2.85. The molecule has 2 fully saturated rings. The molecule has 14 heteroatoms. The van der Waals surface area contributed by atoms with E-state index in [9.17, 15) is 40.5 Å². The molecule has 0 unspecified atom stereocenters. The maximum absolute atomic E-state index is 10.6.